The maximum atomic E-state index is 10.8. The van der Waals surface area contributed by atoms with Gasteiger partial charge in [-0.05, 0) is 36.1 Å². The van der Waals surface area contributed by atoms with E-state index in [1.54, 1.807) is 12.4 Å². The summed E-state index contributed by atoms with van der Waals surface area (Å²) in [6, 6.07) is 14.2. The van der Waals surface area contributed by atoms with Crippen molar-refractivity contribution in [2.45, 2.75) is 19.3 Å². The van der Waals surface area contributed by atoms with E-state index in [9.17, 15) is 4.79 Å². The van der Waals surface area contributed by atoms with Crippen LogP contribution in [-0.4, -0.2) is 45.7 Å². The molecule has 3 aromatic rings. The lowest BCUT2D eigenvalue weighted by atomic mass is 10.0. The van der Waals surface area contributed by atoms with Crippen LogP contribution in [0.2, 0.25) is 0 Å². The Labute approximate surface area is 169 Å². The molecule has 3 heterocycles. The number of rotatable bonds is 6. The van der Waals surface area contributed by atoms with E-state index >= 15 is 0 Å². The molecule has 29 heavy (non-hydrogen) atoms. The Hall–Kier alpha value is -3.48. The van der Waals surface area contributed by atoms with Crippen LogP contribution in [0.3, 0.4) is 0 Å². The summed E-state index contributed by atoms with van der Waals surface area (Å²) in [4.78, 5) is 26.7. The van der Waals surface area contributed by atoms with Gasteiger partial charge in [0.05, 0.1) is 6.42 Å². The molecule has 2 aromatic heterocycles. The monoisotopic (exact) mass is 389 g/mol. The third-order valence-corrected chi connectivity index (χ3v) is 5.02. The highest BCUT2D eigenvalue weighted by molar-refractivity contribution is 5.67. The van der Waals surface area contributed by atoms with Crippen molar-refractivity contribution in [1.82, 2.24) is 15.0 Å². The SMILES string of the molecule is O=C(O)CCNc1cc(N2CCc3ccccc3CC2)nc(-c2cccnc2)n1. The van der Waals surface area contributed by atoms with E-state index in [0.29, 0.717) is 18.2 Å². The minimum atomic E-state index is -0.843. The summed E-state index contributed by atoms with van der Waals surface area (Å²) >= 11 is 0. The first-order valence-electron chi connectivity index (χ1n) is 9.76. The molecule has 0 radical (unpaired) electrons. The Morgan fingerprint density at radius 3 is 2.48 bits per heavy atom. The van der Waals surface area contributed by atoms with Gasteiger partial charge in [-0.15, -0.1) is 0 Å². The molecule has 1 aliphatic rings. The molecule has 7 heteroatoms. The van der Waals surface area contributed by atoms with Crippen LogP contribution in [0.15, 0.2) is 54.9 Å². The van der Waals surface area contributed by atoms with Gasteiger partial charge in [-0.25, -0.2) is 9.97 Å². The second-order valence-corrected chi connectivity index (χ2v) is 7.00. The highest BCUT2D eigenvalue weighted by atomic mass is 16.4. The Morgan fingerprint density at radius 1 is 1.07 bits per heavy atom. The maximum absolute atomic E-state index is 10.8. The lowest BCUT2D eigenvalue weighted by Gasteiger charge is -2.22. The molecule has 7 nitrogen and oxygen atoms in total. The van der Waals surface area contributed by atoms with Gasteiger partial charge in [-0.3, -0.25) is 9.78 Å². The molecule has 0 atom stereocenters. The predicted molar refractivity (Wildman–Crippen MR) is 112 cm³/mol. The zero-order valence-corrected chi connectivity index (χ0v) is 16.1. The molecule has 1 aliphatic heterocycles. The van der Waals surface area contributed by atoms with E-state index in [4.69, 9.17) is 10.1 Å². The Bertz CT molecular complexity index is 967. The van der Waals surface area contributed by atoms with Gasteiger partial charge in [0.25, 0.3) is 0 Å². The van der Waals surface area contributed by atoms with Gasteiger partial charge in [-0.2, -0.15) is 0 Å². The number of aliphatic carboxylic acids is 1. The number of carbonyl (C=O) groups is 1. The molecule has 2 N–H and O–H groups in total. The molecule has 0 fully saturated rings. The van der Waals surface area contributed by atoms with Gasteiger partial charge in [0.2, 0.25) is 0 Å². The maximum Gasteiger partial charge on any atom is 0.305 e. The third-order valence-electron chi connectivity index (χ3n) is 5.02. The van der Waals surface area contributed by atoms with Gasteiger partial charge < -0.3 is 15.3 Å². The van der Waals surface area contributed by atoms with Gasteiger partial charge in [0, 0.05) is 43.7 Å². The topological polar surface area (TPSA) is 91.2 Å². The number of pyridine rings is 1. The Kier molecular flexibility index (Phi) is 5.65. The first-order valence-corrected chi connectivity index (χ1v) is 9.76. The molecule has 0 aliphatic carbocycles. The molecule has 0 bridgehead atoms. The summed E-state index contributed by atoms with van der Waals surface area (Å²) in [5.74, 6) is 1.20. The molecule has 0 unspecified atom stereocenters. The van der Waals surface area contributed by atoms with E-state index in [0.717, 1.165) is 37.3 Å². The number of fused-ring (bicyclic) bond motifs is 1. The number of hydrogen-bond acceptors (Lipinski definition) is 6. The zero-order chi connectivity index (χ0) is 20.1. The number of hydrogen-bond donors (Lipinski definition) is 2. The number of anilines is 2. The average molecular weight is 389 g/mol. The van der Waals surface area contributed by atoms with Gasteiger partial charge in [0.1, 0.15) is 11.6 Å². The number of carboxylic acid groups (broad SMARTS) is 1. The summed E-state index contributed by atoms with van der Waals surface area (Å²) in [7, 11) is 0. The van der Waals surface area contributed by atoms with Crippen molar-refractivity contribution in [2.75, 3.05) is 29.9 Å². The van der Waals surface area contributed by atoms with Crippen LogP contribution >= 0.6 is 0 Å². The molecule has 0 saturated carbocycles. The molecule has 148 valence electrons. The molecule has 0 saturated heterocycles. The summed E-state index contributed by atoms with van der Waals surface area (Å²) < 4.78 is 0. The second kappa shape index (κ2) is 8.68. The molecule has 0 amide bonds. The van der Waals surface area contributed by atoms with Gasteiger partial charge in [-0.1, -0.05) is 24.3 Å². The van der Waals surface area contributed by atoms with Crippen LogP contribution in [0, 0.1) is 0 Å². The van der Waals surface area contributed by atoms with Crippen molar-refractivity contribution in [2.24, 2.45) is 0 Å². The largest absolute Gasteiger partial charge is 0.481 e. The smallest absolute Gasteiger partial charge is 0.305 e. The van der Waals surface area contributed by atoms with Crippen molar-refractivity contribution in [3.63, 3.8) is 0 Å². The molecule has 1 aromatic carbocycles. The average Bonchev–Trinajstić information content (AvgIpc) is 2.97. The fraction of sp³-hybridized carbons (Fsp3) is 0.273. The lowest BCUT2D eigenvalue weighted by Crippen LogP contribution is -2.27. The highest BCUT2D eigenvalue weighted by Crippen LogP contribution is 2.25. The second-order valence-electron chi connectivity index (χ2n) is 7.00. The fourth-order valence-electron chi connectivity index (χ4n) is 3.51. The first kappa shape index (κ1) is 18.9. The van der Waals surface area contributed by atoms with Crippen LogP contribution in [-0.2, 0) is 17.6 Å². The van der Waals surface area contributed by atoms with Crippen molar-refractivity contribution in [3.8, 4) is 11.4 Å². The predicted octanol–water partition coefficient (Wildman–Crippen LogP) is 3.03. The zero-order valence-electron chi connectivity index (χ0n) is 16.1. The fourth-order valence-corrected chi connectivity index (χ4v) is 3.51. The standard InChI is InChI=1S/C22H23N5O2/c28-21(29)7-11-24-19-14-20(26-22(25-19)18-6-3-10-23-15-18)27-12-8-16-4-1-2-5-17(16)9-13-27/h1-6,10,14-15H,7-9,11-13H2,(H,28,29)(H,24,25,26). The van der Waals surface area contributed by atoms with E-state index in [1.807, 2.05) is 18.2 Å². The van der Waals surface area contributed by atoms with Crippen LogP contribution in [0.5, 0.6) is 0 Å². The summed E-state index contributed by atoms with van der Waals surface area (Å²) in [5.41, 5.74) is 3.60. The normalized spacial score (nSPS) is 13.4. The van der Waals surface area contributed by atoms with E-state index < -0.39 is 5.97 Å². The number of nitrogens with zero attached hydrogens (tertiary/aromatic N) is 4. The summed E-state index contributed by atoms with van der Waals surface area (Å²) in [6.07, 6.45) is 5.40. The van der Waals surface area contributed by atoms with E-state index in [1.165, 1.54) is 11.1 Å². The number of aromatic nitrogens is 3. The molecule has 0 spiro atoms. The van der Waals surface area contributed by atoms with Crippen LogP contribution in [0.1, 0.15) is 17.5 Å². The molecular formula is C22H23N5O2. The highest BCUT2D eigenvalue weighted by Gasteiger charge is 2.17. The van der Waals surface area contributed by atoms with Gasteiger partial charge >= 0.3 is 5.97 Å². The Morgan fingerprint density at radius 2 is 1.83 bits per heavy atom. The van der Waals surface area contributed by atoms with Crippen molar-refractivity contribution < 1.29 is 9.90 Å². The minimum Gasteiger partial charge on any atom is -0.481 e. The van der Waals surface area contributed by atoms with Crippen molar-refractivity contribution in [1.29, 1.82) is 0 Å². The van der Waals surface area contributed by atoms with Crippen molar-refractivity contribution in [3.05, 3.63) is 66.0 Å². The van der Waals surface area contributed by atoms with Crippen molar-refractivity contribution >= 4 is 17.6 Å². The van der Waals surface area contributed by atoms with E-state index in [2.05, 4.69) is 44.5 Å². The lowest BCUT2D eigenvalue weighted by molar-refractivity contribution is -0.136. The van der Waals surface area contributed by atoms with Crippen LogP contribution in [0.4, 0.5) is 11.6 Å². The summed E-state index contributed by atoms with van der Waals surface area (Å²) in [6.45, 7) is 2.05. The first-order chi connectivity index (χ1) is 14.2. The minimum absolute atomic E-state index is 0.0284. The Balaban J connectivity index is 1.62. The molecule has 4 rings (SSSR count). The third kappa shape index (κ3) is 4.68. The van der Waals surface area contributed by atoms with E-state index in [-0.39, 0.29) is 6.42 Å². The van der Waals surface area contributed by atoms with Gasteiger partial charge in [0.15, 0.2) is 5.82 Å². The summed E-state index contributed by atoms with van der Waals surface area (Å²) in [5, 5.41) is 12.0. The number of nitrogens with one attached hydrogen (secondary N) is 1. The quantitative estimate of drug-likeness (QED) is 0.669. The van der Waals surface area contributed by atoms with Crippen LogP contribution < -0.4 is 10.2 Å². The number of carboxylic acids is 1. The number of benzene rings is 1. The van der Waals surface area contributed by atoms with Crippen LogP contribution in [0.25, 0.3) is 11.4 Å². The molecular weight excluding hydrogens is 366 g/mol.